The van der Waals surface area contributed by atoms with Crippen molar-refractivity contribution in [1.82, 2.24) is 15.3 Å². The molecule has 2 heterocycles. The van der Waals surface area contributed by atoms with Gasteiger partial charge in [-0.1, -0.05) is 11.6 Å². The zero-order chi connectivity index (χ0) is 22.2. The molecule has 2 fully saturated rings. The summed E-state index contributed by atoms with van der Waals surface area (Å²) >= 11 is 9.25. The van der Waals surface area contributed by atoms with Crippen LogP contribution in [-0.2, 0) is 0 Å². The Morgan fingerprint density at radius 1 is 1.19 bits per heavy atom. The third kappa shape index (κ3) is 4.11. The van der Waals surface area contributed by atoms with Gasteiger partial charge in [0.25, 0.3) is 0 Å². The van der Waals surface area contributed by atoms with Crippen molar-refractivity contribution in [1.29, 1.82) is 0 Å². The summed E-state index contributed by atoms with van der Waals surface area (Å²) in [6.45, 7) is 2.91. The molecule has 1 aliphatic heterocycles. The molecule has 1 aliphatic carbocycles. The molecule has 32 heavy (non-hydrogen) atoms. The van der Waals surface area contributed by atoms with E-state index in [-0.39, 0.29) is 10.7 Å². The van der Waals surface area contributed by atoms with E-state index in [4.69, 9.17) is 21.1 Å². The number of fused-ring (bicyclic) bond motifs is 2. The Kier molecular flexibility index (Phi) is 6.09. The van der Waals surface area contributed by atoms with Gasteiger partial charge in [0, 0.05) is 15.9 Å². The Morgan fingerprint density at radius 3 is 2.72 bits per heavy atom. The van der Waals surface area contributed by atoms with Crippen molar-refractivity contribution < 1.29 is 13.9 Å². The quantitative estimate of drug-likeness (QED) is 0.414. The molecule has 3 atom stereocenters. The number of nitrogens with zero attached hydrogens (tertiary/aromatic N) is 2. The van der Waals surface area contributed by atoms with Gasteiger partial charge in [0.2, 0.25) is 0 Å². The molecule has 0 radical (unpaired) electrons. The molecule has 0 amide bonds. The van der Waals surface area contributed by atoms with Crippen molar-refractivity contribution in [3.05, 3.63) is 45.9 Å². The van der Waals surface area contributed by atoms with E-state index in [1.165, 1.54) is 19.2 Å². The number of methoxy groups -OCH3 is 1. The predicted molar refractivity (Wildman–Crippen MR) is 127 cm³/mol. The van der Waals surface area contributed by atoms with E-state index in [1.54, 1.807) is 19.2 Å². The molecule has 2 aliphatic rings. The van der Waals surface area contributed by atoms with Gasteiger partial charge in [0.15, 0.2) is 17.3 Å². The second-order valence-electron chi connectivity index (χ2n) is 8.42. The summed E-state index contributed by atoms with van der Waals surface area (Å²) in [5.74, 6) is 3.24. The minimum Gasteiger partial charge on any atom is -0.493 e. The standard InChI is InChI=1S/C23H23BrClFN4O2/c1-31-19-6-15-18(7-20(19)32-10-12-4-13-8-27-9-14(13)5-12)28-11-29-23(15)30-17-3-2-16(24)21(25)22(17)26/h2-3,6-7,11-14,27H,4-5,8-10H2,1H3,(H,28,29,30)/t12?,13-,14?/m1/s1. The number of rotatable bonds is 6. The minimum atomic E-state index is -0.559. The van der Waals surface area contributed by atoms with Crippen LogP contribution >= 0.6 is 27.5 Å². The summed E-state index contributed by atoms with van der Waals surface area (Å²) in [6.07, 6.45) is 3.83. The molecular formula is C23H23BrClFN4O2. The van der Waals surface area contributed by atoms with E-state index in [2.05, 4.69) is 36.5 Å². The number of hydrogen-bond acceptors (Lipinski definition) is 6. The molecule has 9 heteroatoms. The van der Waals surface area contributed by atoms with Crippen LogP contribution in [0.1, 0.15) is 12.8 Å². The molecule has 2 N–H and O–H groups in total. The van der Waals surface area contributed by atoms with Crippen molar-refractivity contribution in [2.24, 2.45) is 17.8 Å². The van der Waals surface area contributed by atoms with Crippen molar-refractivity contribution in [2.75, 3.05) is 32.1 Å². The molecule has 3 aromatic rings. The molecule has 0 spiro atoms. The highest BCUT2D eigenvalue weighted by atomic mass is 79.9. The van der Waals surface area contributed by atoms with Crippen LogP contribution < -0.4 is 20.1 Å². The van der Waals surface area contributed by atoms with Crippen molar-refractivity contribution in [3.63, 3.8) is 0 Å². The van der Waals surface area contributed by atoms with Crippen LogP contribution in [0.3, 0.4) is 0 Å². The van der Waals surface area contributed by atoms with Gasteiger partial charge in [-0.05, 0) is 77.8 Å². The van der Waals surface area contributed by atoms with Crippen LogP contribution in [0.2, 0.25) is 5.02 Å². The Labute approximate surface area is 199 Å². The normalized spacial score (nSPS) is 22.2. The molecular weight excluding hydrogens is 499 g/mol. The fraction of sp³-hybridized carbons (Fsp3) is 0.391. The second-order valence-corrected chi connectivity index (χ2v) is 9.65. The van der Waals surface area contributed by atoms with E-state index < -0.39 is 5.82 Å². The highest BCUT2D eigenvalue weighted by Gasteiger charge is 2.37. The molecule has 0 bridgehead atoms. The van der Waals surface area contributed by atoms with Gasteiger partial charge in [-0.2, -0.15) is 0 Å². The first-order valence-electron chi connectivity index (χ1n) is 10.6. The first-order valence-corrected chi connectivity index (χ1v) is 11.8. The number of anilines is 2. The van der Waals surface area contributed by atoms with Crippen molar-refractivity contribution >= 4 is 49.9 Å². The fourth-order valence-electron chi connectivity index (χ4n) is 4.82. The highest BCUT2D eigenvalue weighted by Crippen LogP contribution is 2.40. The molecule has 1 saturated heterocycles. The van der Waals surface area contributed by atoms with E-state index in [1.807, 2.05) is 12.1 Å². The number of ether oxygens (including phenoxy) is 2. The van der Waals surface area contributed by atoms with Gasteiger partial charge in [0.1, 0.15) is 12.1 Å². The first kappa shape index (κ1) is 21.7. The maximum atomic E-state index is 14.6. The molecule has 2 unspecified atom stereocenters. The average molecular weight is 522 g/mol. The van der Waals surface area contributed by atoms with E-state index >= 15 is 0 Å². The van der Waals surface area contributed by atoms with Gasteiger partial charge < -0.3 is 20.1 Å². The zero-order valence-electron chi connectivity index (χ0n) is 17.5. The average Bonchev–Trinajstić information content (AvgIpc) is 3.39. The van der Waals surface area contributed by atoms with Gasteiger partial charge in [-0.3, -0.25) is 0 Å². The van der Waals surface area contributed by atoms with Crippen LogP contribution in [0.25, 0.3) is 10.9 Å². The fourth-order valence-corrected chi connectivity index (χ4v) is 5.29. The van der Waals surface area contributed by atoms with Gasteiger partial charge in [-0.15, -0.1) is 0 Å². The lowest BCUT2D eigenvalue weighted by atomic mass is 10.0. The molecule has 5 rings (SSSR count). The Hall–Kier alpha value is -2.16. The van der Waals surface area contributed by atoms with Crippen LogP contribution in [0.15, 0.2) is 35.1 Å². The Balaban J connectivity index is 1.39. The lowest BCUT2D eigenvalue weighted by molar-refractivity contribution is 0.234. The third-order valence-corrected chi connectivity index (χ3v) is 7.69. The summed E-state index contributed by atoms with van der Waals surface area (Å²) in [7, 11) is 1.60. The Morgan fingerprint density at radius 2 is 1.97 bits per heavy atom. The SMILES string of the molecule is COc1cc2c(Nc3ccc(Br)c(Cl)c3F)ncnc2cc1OCC1CC2CNC[C@H]2C1. The maximum Gasteiger partial charge on any atom is 0.166 e. The molecule has 2 aromatic carbocycles. The van der Waals surface area contributed by atoms with E-state index in [9.17, 15) is 4.39 Å². The topological polar surface area (TPSA) is 68.3 Å². The van der Waals surface area contributed by atoms with E-state index in [0.29, 0.717) is 45.2 Å². The van der Waals surface area contributed by atoms with Gasteiger partial charge in [-0.25, -0.2) is 14.4 Å². The smallest absolute Gasteiger partial charge is 0.166 e. The number of halogens is 3. The van der Waals surface area contributed by atoms with Crippen molar-refractivity contribution in [2.45, 2.75) is 12.8 Å². The molecule has 6 nitrogen and oxygen atoms in total. The van der Waals surface area contributed by atoms with Crippen LogP contribution in [0, 0.1) is 23.6 Å². The van der Waals surface area contributed by atoms with Crippen LogP contribution in [-0.4, -0.2) is 36.8 Å². The zero-order valence-corrected chi connectivity index (χ0v) is 19.8. The van der Waals surface area contributed by atoms with Gasteiger partial charge in [0.05, 0.1) is 29.9 Å². The summed E-state index contributed by atoms with van der Waals surface area (Å²) in [4.78, 5) is 8.67. The summed E-state index contributed by atoms with van der Waals surface area (Å²) in [5, 5.41) is 7.19. The molecule has 1 aromatic heterocycles. The van der Waals surface area contributed by atoms with E-state index in [0.717, 1.165) is 24.9 Å². The summed E-state index contributed by atoms with van der Waals surface area (Å²) in [6, 6.07) is 6.94. The molecule has 168 valence electrons. The van der Waals surface area contributed by atoms with Crippen molar-refractivity contribution in [3.8, 4) is 11.5 Å². The number of benzene rings is 2. The monoisotopic (exact) mass is 520 g/mol. The number of aromatic nitrogens is 2. The van der Waals surface area contributed by atoms with Gasteiger partial charge >= 0.3 is 0 Å². The summed E-state index contributed by atoms with van der Waals surface area (Å²) < 4.78 is 26.8. The number of hydrogen-bond donors (Lipinski definition) is 2. The third-order valence-electron chi connectivity index (χ3n) is 6.44. The lowest BCUT2D eigenvalue weighted by Gasteiger charge is -2.17. The highest BCUT2D eigenvalue weighted by molar-refractivity contribution is 9.10. The van der Waals surface area contributed by atoms with Crippen LogP contribution in [0.4, 0.5) is 15.9 Å². The first-order chi connectivity index (χ1) is 15.5. The Bertz CT molecular complexity index is 1150. The second kappa shape index (κ2) is 9.00. The maximum absolute atomic E-state index is 14.6. The largest absolute Gasteiger partial charge is 0.493 e. The lowest BCUT2D eigenvalue weighted by Crippen LogP contribution is -2.15. The number of nitrogens with one attached hydrogen (secondary N) is 2. The van der Waals surface area contributed by atoms with Crippen LogP contribution in [0.5, 0.6) is 11.5 Å². The predicted octanol–water partition coefficient (Wildman–Crippen LogP) is 5.56. The minimum absolute atomic E-state index is 0.00784. The summed E-state index contributed by atoms with van der Waals surface area (Å²) in [5.41, 5.74) is 0.896. The molecule has 1 saturated carbocycles.